The molecule has 0 spiro atoms. The van der Waals surface area contributed by atoms with Crippen LogP contribution in [0, 0.1) is 17.8 Å². The third-order valence-corrected chi connectivity index (χ3v) is 5.33. The Bertz CT molecular complexity index is 565. The van der Waals surface area contributed by atoms with Crippen molar-refractivity contribution in [2.45, 2.75) is 75.2 Å². The van der Waals surface area contributed by atoms with Crippen LogP contribution in [0.3, 0.4) is 0 Å². The minimum Gasteiger partial charge on any atom is -0.384 e. The van der Waals surface area contributed by atoms with Gasteiger partial charge in [-0.3, -0.25) is 4.98 Å². The molecule has 0 saturated carbocycles. The van der Waals surface area contributed by atoms with Crippen LogP contribution >= 0.6 is 0 Å². The van der Waals surface area contributed by atoms with E-state index in [0.29, 0.717) is 16.6 Å². The van der Waals surface area contributed by atoms with Gasteiger partial charge in [0.15, 0.2) is 0 Å². The Kier molecular flexibility index (Phi) is 8.95. The van der Waals surface area contributed by atoms with Crippen LogP contribution in [0.25, 0.3) is 10.9 Å². The second-order valence-electron chi connectivity index (χ2n) is 7.29. The van der Waals surface area contributed by atoms with E-state index in [1.807, 2.05) is 39.1 Å². The lowest BCUT2D eigenvalue weighted by Crippen LogP contribution is -2.30. The van der Waals surface area contributed by atoms with Crippen molar-refractivity contribution in [3.05, 3.63) is 30.1 Å². The first-order valence-electron chi connectivity index (χ1n) is 9.11. The Balaban J connectivity index is 0.000000407. The normalized spacial score (nSPS) is 11.2. The van der Waals surface area contributed by atoms with E-state index in [2.05, 4.69) is 51.5 Å². The highest BCUT2D eigenvalue weighted by Gasteiger charge is 2.33. The molecule has 2 aromatic rings. The number of pyridine rings is 2. The molecule has 0 fully saturated rings. The molecule has 3 nitrogen and oxygen atoms in total. The average molecular weight is 332 g/mol. The van der Waals surface area contributed by atoms with Crippen molar-refractivity contribution in [1.82, 2.24) is 9.97 Å². The molecule has 0 atom stereocenters. The molecular weight excluding hydrogens is 294 g/mol. The lowest BCUT2D eigenvalue weighted by Gasteiger charge is -2.40. The summed E-state index contributed by atoms with van der Waals surface area (Å²) in [5.74, 6) is 0.537. The minimum absolute atomic E-state index is 0.488. The van der Waals surface area contributed by atoms with Gasteiger partial charge in [0, 0.05) is 11.6 Å². The summed E-state index contributed by atoms with van der Waals surface area (Å²) in [5.41, 5.74) is 8.53. The molecule has 24 heavy (non-hydrogen) atoms. The van der Waals surface area contributed by atoms with Gasteiger partial charge >= 0.3 is 0 Å². The van der Waals surface area contributed by atoms with Crippen LogP contribution in [0.1, 0.15) is 73.8 Å². The van der Waals surface area contributed by atoms with Crippen molar-refractivity contribution in [1.29, 1.82) is 0 Å². The second kappa shape index (κ2) is 9.61. The highest BCUT2D eigenvalue weighted by molar-refractivity contribution is 5.80. The maximum absolute atomic E-state index is 5.54. The fraction of sp³-hybridized carbons (Fsp3) is 0.619. The van der Waals surface area contributed by atoms with Gasteiger partial charge in [0.2, 0.25) is 0 Å². The summed E-state index contributed by atoms with van der Waals surface area (Å²) in [7, 11) is 0. The number of aryl methyl sites for hydroxylation is 1. The molecule has 0 aliphatic heterocycles. The molecule has 0 radical (unpaired) electrons. The standard InChI is InChI=1S/C10H22.C9H9N3.C2H6/c1-7-9(3,4)10(5,6)8-2;1-6-2-7-3-9(10)12-5-8(7)11-4-6;1-2/h7-8H2,1-6H3;2-5H,1H3,(H2,10,12);1-2H3. The molecule has 2 heterocycles. The van der Waals surface area contributed by atoms with Crippen molar-refractivity contribution >= 4 is 16.7 Å². The highest BCUT2D eigenvalue weighted by Crippen LogP contribution is 2.43. The lowest BCUT2D eigenvalue weighted by atomic mass is 9.65. The van der Waals surface area contributed by atoms with E-state index < -0.39 is 0 Å². The van der Waals surface area contributed by atoms with Crippen LogP contribution in [0.5, 0.6) is 0 Å². The molecule has 2 rings (SSSR count). The van der Waals surface area contributed by atoms with Gasteiger partial charge in [0.05, 0.1) is 11.7 Å². The van der Waals surface area contributed by atoms with Crippen molar-refractivity contribution in [3.63, 3.8) is 0 Å². The monoisotopic (exact) mass is 331 g/mol. The smallest absolute Gasteiger partial charge is 0.124 e. The summed E-state index contributed by atoms with van der Waals surface area (Å²) >= 11 is 0. The second-order valence-corrected chi connectivity index (χ2v) is 7.29. The largest absolute Gasteiger partial charge is 0.384 e. The zero-order valence-electron chi connectivity index (χ0n) is 17.2. The molecule has 2 aromatic heterocycles. The molecular formula is C21H37N3. The molecule has 0 bridgehead atoms. The van der Waals surface area contributed by atoms with E-state index in [1.54, 1.807) is 6.20 Å². The van der Waals surface area contributed by atoms with E-state index in [4.69, 9.17) is 5.73 Å². The molecule has 0 saturated heterocycles. The number of nitrogens with two attached hydrogens (primary N) is 1. The summed E-state index contributed by atoms with van der Waals surface area (Å²) in [6, 6.07) is 3.87. The topological polar surface area (TPSA) is 51.8 Å². The summed E-state index contributed by atoms with van der Waals surface area (Å²) in [5, 5.41) is 1.04. The van der Waals surface area contributed by atoms with Crippen molar-refractivity contribution in [2.75, 3.05) is 5.73 Å². The third-order valence-electron chi connectivity index (χ3n) is 5.33. The number of fused-ring (bicyclic) bond motifs is 1. The maximum atomic E-state index is 5.54. The Hall–Kier alpha value is -1.64. The molecule has 0 aliphatic rings. The van der Waals surface area contributed by atoms with Crippen LogP contribution < -0.4 is 5.73 Å². The van der Waals surface area contributed by atoms with Crippen LogP contribution in [0.2, 0.25) is 0 Å². The molecule has 3 heteroatoms. The van der Waals surface area contributed by atoms with Crippen molar-refractivity contribution in [2.24, 2.45) is 10.8 Å². The van der Waals surface area contributed by atoms with E-state index in [1.165, 1.54) is 12.8 Å². The summed E-state index contributed by atoms with van der Waals surface area (Å²) in [4.78, 5) is 8.16. The van der Waals surface area contributed by atoms with Crippen LogP contribution in [0.4, 0.5) is 5.82 Å². The SMILES string of the molecule is CC.CCC(C)(C)C(C)(C)CC.Cc1cnc2cnc(N)cc2c1. The summed E-state index contributed by atoms with van der Waals surface area (Å²) < 4.78 is 0. The van der Waals surface area contributed by atoms with Gasteiger partial charge in [-0.2, -0.15) is 0 Å². The Morgan fingerprint density at radius 1 is 0.875 bits per heavy atom. The van der Waals surface area contributed by atoms with E-state index in [-0.39, 0.29) is 0 Å². The fourth-order valence-electron chi connectivity index (χ4n) is 2.12. The minimum atomic E-state index is 0.488. The van der Waals surface area contributed by atoms with Gasteiger partial charge in [0.1, 0.15) is 5.82 Å². The Morgan fingerprint density at radius 3 is 1.83 bits per heavy atom. The molecule has 0 amide bonds. The highest BCUT2D eigenvalue weighted by atomic mass is 14.8. The molecule has 2 N–H and O–H groups in total. The lowest BCUT2D eigenvalue weighted by molar-refractivity contribution is 0.0998. The van der Waals surface area contributed by atoms with Crippen molar-refractivity contribution < 1.29 is 0 Å². The van der Waals surface area contributed by atoms with Gasteiger partial charge < -0.3 is 5.73 Å². The van der Waals surface area contributed by atoms with Crippen LogP contribution in [-0.2, 0) is 0 Å². The Labute approximate surface area is 149 Å². The molecule has 0 aromatic carbocycles. The number of nitrogens with zero attached hydrogens (tertiary/aromatic N) is 2. The first kappa shape index (κ1) is 22.4. The number of hydrogen-bond donors (Lipinski definition) is 1. The van der Waals surface area contributed by atoms with Gasteiger partial charge in [-0.25, -0.2) is 4.98 Å². The number of hydrogen-bond acceptors (Lipinski definition) is 3. The number of rotatable bonds is 3. The van der Waals surface area contributed by atoms with Crippen LogP contribution in [0.15, 0.2) is 24.5 Å². The number of aromatic nitrogens is 2. The number of nitrogen functional groups attached to an aromatic ring is 1. The first-order valence-corrected chi connectivity index (χ1v) is 9.11. The molecule has 136 valence electrons. The van der Waals surface area contributed by atoms with E-state index in [0.717, 1.165) is 16.5 Å². The van der Waals surface area contributed by atoms with Gasteiger partial charge in [-0.05, 0) is 35.4 Å². The van der Waals surface area contributed by atoms with Gasteiger partial charge in [0.25, 0.3) is 0 Å². The quantitative estimate of drug-likeness (QED) is 0.707. The summed E-state index contributed by atoms with van der Waals surface area (Å²) in [6.07, 6.45) is 6.05. The zero-order valence-corrected chi connectivity index (χ0v) is 17.2. The third kappa shape index (κ3) is 6.10. The average Bonchev–Trinajstić information content (AvgIpc) is 2.56. The summed E-state index contributed by atoms with van der Waals surface area (Å²) in [6.45, 7) is 20.0. The van der Waals surface area contributed by atoms with Crippen molar-refractivity contribution in [3.8, 4) is 0 Å². The van der Waals surface area contributed by atoms with Crippen LogP contribution in [-0.4, -0.2) is 9.97 Å². The predicted molar refractivity (Wildman–Crippen MR) is 108 cm³/mol. The molecule has 0 unspecified atom stereocenters. The Morgan fingerprint density at radius 2 is 1.38 bits per heavy atom. The number of anilines is 1. The fourth-order valence-corrected chi connectivity index (χ4v) is 2.12. The van der Waals surface area contributed by atoms with Gasteiger partial charge in [-0.1, -0.05) is 68.2 Å². The predicted octanol–water partition coefficient (Wildman–Crippen LogP) is 6.41. The zero-order chi connectivity index (χ0) is 19.0. The van der Waals surface area contributed by atoms with E-state index >= 15 is 0 Å². The first-order chi connectivity index (χ1) is 11.1. The van der Waals surface area contributed by atoms with E-state index in [9.17, 15) is 0 Å². The maximum Gasteiger partial charge on any atom is 0.124 e. The van der Waals surface area contributed by atoms with Gasteiger partial charge in [-0.15, -0.1) is 0 Å². The molecule has 0 aliphatic carbocycles.